The SMILES string of the molecule is CC(C)OC(=O)C(C(=O)OC(C)C)C(C)(C)C. The molecule has 17 heavy (non-hydrogen) atoms. The van der Waals surface area contributed by atoms with E-state index in [-0.39, 0.29) is 12.2 Å². The second-order valence-electron chi connectivity index (χ2n) is 5.77. The molecule has 0 aliphatic carbocycles. The van der Waals surface area contributed by atoms with Gasteiger partial charge in [-0.1, -0.05) is 20.8 Å². The van der Waals surface area contributed by atoms with Crippen molar-refractivity contribution >= 4 is 11.9 Å². The van der Waals surface area contributed by atoms with Gasteiger partial charge in [-0.15, -0.1) is 0 Å². The normalized spacial score (nSPS) is 12.1. The molecule has 0 aromatic heterocycles. The highest BCUT2D eigenvalue weighted by Gasteiger charge is 2.40. The van der Waals surface area contributed by atoms with Crippen LogP contribution in [0, 0.1) is 11.3 Å². The first-order valence-corrected chi connectivity index (χ1v) is 5.96. The van der Waals surface area contributed by atoms with Crippen LogP contribution in [0.1, 0.15) is 48.5 Å². The van der Waals surface area contributed by atoms with Crippen molar-refractivity contribution in [2.24, 2.45) is 11.3 Å². The molecule has 0 aliphatic rings. The minimum atomic E-state index is -0.882. The molecule has 0 bridgehead atoms. The lowest BCUT2D eigenvalue weighted by atomic mass is 9.80. The standard InChI is InChI=1S/C13H24O4/c1-8(2)16-11(14)10(13(5,6)7)12(15)17-9(3)4/h8-10H,1-7H3. The summed E-state index contributed by atoms with van der Waals surface area (Å²) in [5, 5.41) is 0. The summed E-state index contributed by atoms with van der Waals surface area (Å²) in [6, 6.07) is 0. The fourth-order valence-corrected chi connectivity index (χ4v) is 1.40. The highest BCUT2D eigenvalue weighted by atomic mass is 16.6. The van der Waals surface area contributed by atoms with Crippen LogP contribution in [0.2, 0.25) is 0 Å². The number of carbonyl (C=O) groups excluding carboxylic acids is 2. The van der Waals surface area contributed by atoms with Crippen LogP contribution in [0.25, 0.3) is 0 Å². The molecule has 0 saturated heterocycles. The van der Waals surface area contributed by atoms with Gasteiger partial charge in [0.2, 0.25) is 0 Å². The average molecular weight is 244 g/mol. The number of esters is 2. The van der Waals surface area contributed by atoms with E-state index < -0.39 is 23.3 Å². The van der Waals surface area contributed by atoms with Gasteiger partial charge in [-0.3, -0.25) is 9.59 Å². The molecule has 0 aromatic rings. The first-order chi connectivity index (χ1) is 7.55. The lowest BCUT2D eigenvalue weighted by Crippen LogP contribution is -2.39. The van der Waals surface area contributed by atoms with Gasteiger partial charge in [0.15, 0.2) is 5.92 Å². The van der Waals surface area contributed by atoms with Crippen LogP contribution in [0.4, 0.5) is 0 Å². The zero-order valence-corrected chi connectivity index (χ0v) is 11.9. The Balaban J connectivity index is 4.89. The number of hydrogen-bond acceptors (Lipinski definition) is 4. The van der Waals surface area contributed by atoms with Crippen molar-refractivity contribution in [1.82, 2.24) is 0 Å². The summed E-state index contributed by atoms with van der Waals surface area (Å²) in [6.07, 6.45) is -0.474. The van der Waals surface area contributed by atoms with Gasteiger partial charge in [0.05, 0.1) is 12.2 Å². The zero-order chi connectivity index (χ0) is 13.8. The minimum Gasteiger partial charge on any atom is -0.462 e. The molecule has 4 nitrogen and oxygen atoms in total. The monoisotopic (exact) mass is 244 g/mol. The quantitative estimate of drug-likeness (QED) is 0.563. The molecule has 0 rings (SSSR count). The second-order valence-corrected chi connectivity index (χ2v) is 5.77. The third-order valence-corrected chi connectivity index (χ3v) is 2.04. The third-order valence-electron chi connectivity index (χ3n) is 2.04. The van der Waals surface area contributed by atoms with Crippen molar-refractivity contribution in [3.8, 4) is 0 Å². The summed E-state index contributed by atoms with van der Waals surface area (Å²) in [5.41, 5.74) is -0.516. The molecule has 0 N–H and O–H groups in total. The Morgan fingerprint density at radius 1 is 0.824 bits per heavy atom. The molecule has 0 heterocycles. The third kappa shape index (κ3) is 5.71. The molecule has 0 atom stereocenters. The molecule has 0 aromatic carbocycles. The topological polar surface area (TPSA) is 52.6 Å². The Bertz CT molecular complexity index is 252. The summed E-state index contributed by atoms with van der Waals surface area (Å²) >= 11 is 0. The Morgan fingerprint density at radius 2 is 1.12 bits per heavy atom. The maximum Gasteiger partial charge on any atom is 0.321 e. The largest absolute Gasteiger partial charge is 0.462 e. The Kier molecular flexibility index (Phi) is 5.66. The summed E-state index contributed by atoms with van der Waals surface area (Å²) in [5.74, 6) is -1.91. The van der Waals surface area contributed by atoms with Gasteiger partial charge in [0.25, 0.3) is 0 Å². The molecule has 0 saturated carbocycles. The number of ether oxygens (including phenoxy) is 2. The predicted molar refractivity (Wildman–Crippen MR) is 65.4 cm³/mol. The Labute approximate surface area is 104 Å². The second kappa shape index (κ2) is 6.03. The Hall–Kier alpha value is -1.06. The van der Waals surface area contributed by atoms with E-state index in [1.165, 1.54) is 0 Å². The van der Waals surface area contributed by atoms with E-state index in [1.807, 2.05) is 20.8 Å². The van der Waals surface area contributed by atoms with Crippen LogP contribution in [-0.2, 0) is 19.1 Å². The summed E-state index contributed by atoms with van der Waals surface area (Å²) < 4.78 is 10.2. The lowest BCUT2D eigenvalue weighted by Gasteiger charge is -2.28. The van der Waals surface area contributed by atoms with E-state index in [4.69, 9.17) is 9.47 Å². The van der Waals surface area contributed by atoms with E-state index in [9.17, 15) is 9.59 Å². The molecule has 0 fully saturated rings. The molecule has 100 valence electrons. The van der Waals surface area contributed by atoms with Crippen LogP contribution < -0.4 is 0 Å². The van der Waals surface area contributed by atoms with Gasteiger partial charge in [-0.25, -0.2) is 0 Å². The van der Waals surface area contributed by atoms with Crippen molar-refractivity contribution < 1.29 is 19.1 Å². The van der Waals surface area contributed by atoms with Crippen molar-refractivity contribution in [3.63, 3.8) is 0 Å². The van der Waals surface area contributed by atoms with E-state index in [0.717, 1.165) is 0 Å². The fraction of sp³-hybridized carbons (Fsp3) is 0.846. The maximum absolute atomic E-state index is 11.9. The van der Waals surface area contributed by atoms with E-state index in [1.54, 1.807) is 27.7 Å². The highest BCUT2D eigenvalue weighted by Crippen LogP contribution is 2.29. The van der Waals surface area contributed by atoms with Gasteiger partial charge >= 0.3 is 11.9 Å². The van der Waals surface area contributed by atoms with Crippen molar-refractivity contribution in [1.29, 1.82) is 0 Å². The molecule has 0 aliphatic heterocycles. The minimum absolute atomic E-state index is 0.237. The van der Waals surface area contributed by atoms with E-state index in [0.29, 0.717) is 0 Å². The van der Waals surface area contributed by atoms with E-state index >= 15 is 0 Å². The van der Waals surface area contributed by atoms with Crippen LogP contribution in [0.5, 0.6) is 0 Å². The summed E-state index contributed by atoms with van der Waals surface area (Å²) in [7, 11) is 0. The molecule has 0 radical (unpaired) electrons. The van der Waals surface area contributed by atoms with Crippen molar-refractivity contribution in [2.75, 3.05) is 0 Å². The molecule has 0 unspecified atom stereocenters. The zero-order valence-electron chi connectivity index (χ0n) is 11.9. The van der Waals surface area contributed by atoms with E-state index in [2.05, 4.69) is 0 Å². The summed E-state index contributed by atoms with van der Waals surface area (Å²) in [6.45, 7) is 12.5. The molecule has 0 amide bonds. The smallest absolute Gasteiger partial charge is 0.321 e. The fourth-order valence-electron chi connectivity index (χ4n) is 1.40. The molecular formula is C13H24O4. The van der Waals surface area contributed by atoms with Gasteiger partial charge in [0.1, 0.15) is 0 Å². The van der Waals surface area contributed by atoms with Crippen molar-refractivity contribution in [2.45, 2.75) is 60.7 Å². The van der Waals surface area contributed by atoms with Gasteiger partial charge in [0, 0.05) is 0 Å². The molecular weight excluding hydrogens is 220 g/mol. The van der Waals surface area contributed by atoms with Crippen molar-refractivity contribution in [3.05, 3.63) is 0 Å². The van der Waals surface area contributed by atoms with Crippen LogP contribution >= 0.6 is 0 Å². The van der Waals surface area contributed by atoms with Gasteiger partial charge in [-0.05, 0) is 33.1 Å². The van der Waals surface area contributed by atoms with Crippen LogP contribution in [-0.4, -0.2) is 24.1 Å². The maximum atomic E-state index is 11.9. The van der Waals surface area contributed by atoms with Crippen LogP contribution in [0.15, 0.2) is 0 Å². The molecule has 0 spiro atoms. The highest BCUT2D eigenvalue weighted by molar-refractivity contribution is 5.95. The average Bonchev–Trinajstić information content (AvgIpc) is 1.95. The van der Waals surface area contributed by atoms with Gasteiger partial charge < -0.3 is 9.47 Å². The first-order valence-electron chi connectivity index (χ1n) is 5.96. The molecule has 4 heteroatoms. The lowest BCUT2D eigenvalue weighted by molar-refractivity contribution is -0.171. The Morgan fingerprint density at radius 3 is 1.29 bits per heavy atom. The predicted octanol–water partition coefficient (Wildman–Crippen LogP) is 2.55. The van der Waals surface area contributed by atoms with Gasteiger partial charge in [-0.2, -0.15) is 0 Å². The number of carbonyl (C=O) groups is 2. The summed E-state index contributed by atoms with van der Waals surface area (Å²) in [4.78, 5) is 23.8. The van der Waals surface area contributed by atoms with Crippen LogP contribution in [0.3, 0.4) is 0 Å². The number of rotatable bonds is 4. The first kappa shape index (κ1) is 15.9. The number of hydrogen-bond donors (Lipinski definition) is 0.